The monoisotopic (exact) mass is 312 g/mol. The number of anilines is 3. The molecule has 3 N–H and O–H groups in total. The molecule has 19 heavy (non-hydrogen) atoms. The number of nitrogens with two attached hydrogens (primary N) is 1. The number of nitrogens with zero attached hydrogens (tertiary/aromatic N) is 2. The second-order valence-electron chi connectivity index (χ2n) is 3.84. The molecule has 0 aliphatic rings. The zero-order chi connectivity index (χ0) is 13.8. The highest BCUT2D eigenvalue weighted by Crippen LogP contribution is 2.25. The predicted molar refractivity (Wildman–Crippen MR) is 77.7 cm³/mol. The Morgan fingerprint density at radius 2 is 1.74 bits per heavy atom. The SMILES string of the molecule is N#Cc1cc(Nc2ccc(Br)cc2C#N)ccc1N. The molecular formula is C14H9BrN4. The van der Waals surface area contributed by atoms with Gasteiger partial charge in [-0.1, -0.05) is 15.9 Å². The van der Waals surface area contributed by atoms with E-state index in [1.807, 2.05) is 12.1 Å². The Balaban J connectivity index is 2.37. The van der Waals surface area contributed by atoms with E-state index in [0.29, 0.717) is 28.2 Å². The van der Waals surface area contributed by atoms with Gasteiger partial charge < -0.3 is 11.1 Å². The molecule has 92 valence electrons. The van der Waals surface area contributed by atoms with E-state index in [1.54, 1.807) is 30.3 Å². The molecular weight excluding hydrogens is 304 g/mol. The number of halogens is 1. The molecule has 0 bridgehead atoms. The molecule has 2 aromatic rings. The van der Waals surface area contributed by atoms with Crippen molar-refractivity contribution in [3.8, 4) is 12.1 Å². The fraction of sp³-hybridized carbons (Fsp3) is 0. The van der Waals surface area contributed by atoms with Crippen molar-refractivity contribution in [3.63, 3.8) is 0 Å². The maximum atomic E-state index is 9.08. The van der Waals surface area contributed by atoms with Gasteiger partial charge in [0.05, 0.1) is 16.8 Å². The summed E-state index contributed by atoms with van der Waals surface area (Å²) in [5.74, 6) is 0. The molecule has 0 aliphatic heterocycles. The van der Waals surface area contributed by atoms with Crippen LogP contribution < -0.4 is 11.1 Å². The van der Waals surface area contributed by atoms with E-state index in [9.17, 15) is 0 Å². The van der Waals surface area contributed by atoms with E-state index in [1.165, 1.54) is 0 Å². The van der Waals surface area contributed by atoms with E-state index >= 15 is 0 Å². The van der Waals surface area contributed by atoms with Gasteiger partial charge in [-0.15, -0.1) is 0 Å². The van der Waals surface area contributed by atoms with Gasteiger partial charge in [-0.25, -0.2) is 0 Å². The highest BCUT2D eigenvalue weighted by atomic mass is 79.9. The van der Waals surface area contributed by atoms with Gasteiger partial charge in [0.25, 0.3) is 0 Å². The summed E-state index contributed by atoms with van der Waals surface area (Å²) < 4.78 is 0.838. The van der Waals surface area contributed by atoms with E-state index < -0.39 is 0 Å². The molecule has 0 unspecified atom stereocenters. The molecule has 0 heterocycles. The Morgan fingerprint density at radius 3 is 2.42 bits per heavy atom. The third-order valence-electron chi connectivity index (χ3n) is 2.55. The molecule has 2 rings (SSSR count). The number of nitrogen functional groups attached to an aromatic ring is 1. The second kappa shape index (κ2) is 5.43. The Bertz CT molecular complexity index is 710. The summed E-state index contributed by atoms with van der Waals surface area (Å²) in [5.41, 5.74) is 8.41. The summed E-state index contributed by atoms with van der Waals surface area (Å²) >= 11 is 3.32. The number of nitriles is 2. The molecule has 0 spiro atoms. The maximum Gasteiger partial charge on any atom is 0.101 e. The van der Waals surface area contributed by atoms with Crippen LogP contribution in [0.1, 0.15) is 11.1 Å². The van der Waals surface area contributed by atoms with Gasteiger partial charge in [0.15, 0.2) is 0 Å². The van der Waals surface area contributed by atoms with Gasteiger partial charge in [0.1, 0.15) is 12.1 Å². The lowest BCUT2D eigenvalue weighted by Crippen LogP contribution is -1.96. The van der Waals surface area contributed by atoms with Gasteiger partial charge in [0.2, 0.25) is 0 Å². The molecule has 5 heteroatoms. The number of benzene rings is 2. The van der Waals surface area contributed by atoms with Gasteiger partial charge >= 0.3 is 0 Å². The average Bonchev–Trinajstić information content (AvgIpc) is 2.42. The van der Waals surface area contributed by atoms with E-state index in [4.69, 9.17) is 16.3 Å². The minimum atomic E-state index is 0.403. The molecule has 0 saturated carbocycles. The van der Waals surface area contributed by atoms with Crippen molar-refractivity contribution in [2.24, 2.45) is 0 Å². The number of nitrogens with one attached hydrogen (secondary N) is 1. The second-order valence-corrected chi connectivity index (χ2v) is 4.76. The quantitative estimate of drug-likeness (QED) is 0.831. The fourth-order valence-electron chi connectivity index (χ4n) is 1.60. The van der Waals surface area contributed by atoms with Crippen molar-refractivity contribution < 1.29 is 0 Å². The minimum Gasteiger partial charge on any atom is -0.398 e. The van der Waals surface area contributed by atoms with E-state index in [2.05, 4.69) is 27.3 Å². The van der Waals surface area contributed by atoms with Crippen molar-refractivity contribution in [1.82, 2.24) is 0 Å². The van der Waals surface area contributed by atoms with Gasteiger partial charge in [-0.2, -0.15) is 10.5 Å². The largest absolute Gasteiger partial charge is 0.398 e. The first-order chi connectivity index (χ1) is 9.13. The van der Waals surface area contributed by atoms with Crippen LogP contribution in [-0.4, -0.2) is 0 Å². The summed E-state index contributed by atoms with van der Waals surface area (Å²) in [6.45, 7) is 0. The van der Waals surface area contributed by atoms with Crippen LogP contribution in [0.3, 0.4) is 0 Å². The third-order valence-corrected chi connectivity index (χ3v) is 3.05. The summed E-state index contributed by atoms with van der Waals surface area (Å²) in [7, 11) is 0. The zero-order valence-corrected chi connectivity index (χ0v) is 11.4. The first-order valence-corrected chi connectivity index (χ1v) is 6.19. The van der Waals surface area contributed by atoms with Crippen molar-refractivity contribution in [3.05, 3.63) is 52.0 Å². The summed E-state index contributed by atoms with van der Waals surface area (Å²) in [6.07, 6.45) is 0. The van der Waals surface area contributed by atoms with Crippen molar-refractivity contribution in [1.29, 1.82) is 10.5 Å². The number of hydrogen-bond acceptors (Lipinski definition) is 4. The zero-order valence-electron chi connectivity index (χ0n) is 9.81. The average molecular weight is 313 g/mol. The van der Waals surface area contributed by atoms with Crippen LogP contribution in [0.4, 0.5) is 17.1 Å². The van der Waals surface area contributed by atoms with Gasteiger partial charge in [0, 0.05) is 15.8 Å². The number of rotatable bonds is 2. The van der Waals surface area contributed by atoms with Gasteiger partial charge in [-0.05, 0) is 36.4 Å². The standard InChI is InChI=1S/C14H9BrN4/c15-11-1-4-14(10(5-11)8-17)19-12-2-3-13(18)9(6-12)7-16/h1-6,19H,18H2. The molecule has 0 amide bonds. The van der Waals surface area contributed by atoms with Crippen molar-refractivity contribution >= 4 is 33.0 Å². The van der Waals surface area contributed by atoms with Crippen LogP contribution in [0.5, 0.6) is 0 Å². The molecule has 0 saturated heterocycles. The molecule has 0 aliphatic carbocycles. The smallest absolute Gasteiger partial charge is 0.101 e. The lowest BCUT2D eigenvalue weighted by molar-refractivity contribution is 1.44. The highest BCUT2D eigenvalue weighted by Gasteiger charge is 2.05. The summed E-state index contributed by atoms with van der Waals surface area (Å²) in [5, 5.41) is 21.1. The lowest BCUT2D eigenvalue weighted by Gasteiger charge is -2.09. The van der Waals surface area contributed by atoms with E-state index in [-0.39, 0.29) is 0 Å². The van der Waals surface area contributed by atoms with Crippen LogP contribution in [-0.2, 0) is 0 Å². The normalized spacial score (nSPS) is 9.42. The Labute approximate surface area is 119 Å². The van der Waals surface area contributed by atoms with Crippen molar-refractivity contribution in [2.45, 2.75) is 0 Å². The van der Waals surface area contributed by atoms with Crippen LogP contribution >= 0.6 is 15.9 Å². The Morgan fingerprint density at radius 1 is 1.00 bits per heavy atom. The maximum absolute atomic E-state index is 9.08. The number of hydrogen-bond donors (Lipinski definition) is 2. The van der Waals surface area contributed by atoms with Crippen LogP contribution in [0, 0.1) is 22.7 Å². The summed E-state index contributed by atoms with van der Waals surface area (Å²) in [4.78, 5) is 0. The topological polar surface area (TPSA) is 85.6 Å². The molecule has 4 nitrogen and oxygen atoms in total. The van der Waals surface area contributed by atoms with E-state index in [0.717, 1.165) is 4.47 Å². The minimum absolute atomic E-state index is 0.403. The fourth-order valence-corrected chi connectivity index (χ4v) is 1.97. The lowest BCUT2D eigenvalue weighted by atomic mass is 10.1. The first kappa shape index (κ1) is 12.9. The molecule has 0 aromatic heterocycles. The molecule has 0 radical (unpaired) electrons. The molecule has 0 fully saturated rings. The molecule has 2 aromatic carbocycles. The predicted octanol–water partition coefficient (Wildman–Crippen LogP) is 3.52. The van der Waals surface area contributed by atoms with Crippen LogP contribution in [0.2, 0.25) is 0 Å². The molecule has 0 atom stereocenters. The summed E-state index contributed by atoms with van der Waals surface area (Å²) in [6, 6.07) is 14.6. The van der Waals surface area contributed by atoms with Crippen molar-refractivity contribution in [2.75, 3.05) is 11.1 Å². The third kappa shape index (κ3) is 2.85. The Kier molecular flexibility index (Phi) is 3.70. The highest BCUT2D eigenvalue weighted by molar-refractivity contribution is 9.10. The first-order valence-electron chi connectivity index (χ1n) is 5.40. The Hall–Kier alpha value is -2.50. The van der Waals surface area contributed by atoms with Gasteiger partial charge in [-0.3, -0.25) is 0 Å². The van der Waals surface area contributed by atoms with Crippen LogP contribution in [0.25, 0.3) is 0 Å². The van der Waals surface area contributed by atoms with Crippen LogP contribution in [0.15, 0.2) is 40.9 Å².